The molecule has 0 radical (unpaired) electrons. The molecule has 2 N–H and O–H groups in total. The summed E-state index contributed by atoms with van der Waals surface area (Å²) in [6.07, 6.45) is 0. The van der Waals surface area contributed by atoms with E-state index in [0.29, 0.717) is 11.3 Å². The van der Waals surface area contributed by atoms with Gasteiger partial charge in [0.2, 0.25) is 0 Å². The van der Waals surface area contributed by atoms with E-state index in [4.69, 9.17) is 9.15 Å². The second-order valence-corrected chi connectivity index (χ2v) is 5.45. The molecule has 25 heavy (non-hydrogen) atoms. The molecule has 0 bridgehead atoms. The Kier molecular flexibility index (Phi) is 3.28. The lowest BCUT2D eigenvalue weighted by Gasteiger charge is -2.06. The first-order valence-corrected chi connectivity index (χ1v) is 7.45. The highest BCUT2D eigenvalue weighted by molar-refractivity contribution is 6.25. The van der Waals surface area contributed by atoms with Gasteiger partial charge >= 0.3 is 0 Å². The predicted octanol–water partition coefficient (Wildman–Crippen LogP) is 2.58. The number of benzene rings is 2. The summed E-state index contributed by atoms with van der Waals surface area (Å²) in [6, 6.07) is 11.6. The molecule has 1 aliphatic rings. The van der Waals surface area contributed by atoms with Gasteiger partial charge < -0.3 is 14.5 Å². The maximum Gasteiger partial charge on any atom is 0.291 e. The van der Waals surface area contributed by atoms with Crippen molar-refractivity contribution < 1.29 is 23.5 Å². The molecule has 0 saturated heterocycles. The van der Waals surface area contributed by atoms with Gasteiger partial charge in [-0.1, -0.05) is 18.2 Å². The molecule has 3 aromatic rings. The minimum absolute atomic E-state index is 0.0711. The molecule has 3 amide bonds. The molecule has 0 fully saturated rings. The molecule has 0 unspecified atom stereocenters. The van der Waals surface area contributed by atoms with Crippen molar-refractivity contribution in [3.63, 3.8) is 0 Å². The average molecular weight is 336 g/mol. The van der Waals surface area contributed by atoms with E-state index >= 15 is 0 Å². The van der Waals surface area contributed by atoms with Gasteiger partial charge in [0.1, 0.15) is 0 Å². The molecule has 0 saturated carbocycles. The molecule has 7 nitrogen and oxygen atoms in total. The summed E-state index contributed by atoms with van der Waals surface area (Å²) in [5.74, 6) is -0.963. The quantitative estimate of drug-likeness (QED) is 0.717. The molecule has 1 aliphatic heterocycles. The summed E-state index contributed by atoms with van der Waals surface area (Å²) in [5.41, 5.74) is 1.09. The number of amides is 3. The summed E-state index contributed by atoms with van der Waals surface area (Å²) >= 11 is 0. The highest BCUT2D eigenvalue weighted by Crippen LogP contribution is 2.29. The van der Waals surface area contributed by atoms with E-state index in [1.54, 1.807) is 36.4 Å². The van der Waals surface area contributed by atoms with Crippen molar-refractivity contribution >= 4 is 34.4 Å². The Hall–Kier alpha value is -3.61. The summed E-state index contributed by atoms with van der Waals surface area (Å²) in [5, 5.41) is 5.54. The van der Waals surface area contributed by atoms with Gasteiger partial charge in [-0.15, -0.1) is 0 Å². The first-order chi connectivity index (χ1) is 12.1. The number of rotatable bonds is 3. The van der Waals surface area contributed by atoms with Gasteiger partial charge in [0, 0.05) is 5.39 Å². The number of hydrogen-bond donors (Lipinski definition) is 2. The van der Waals surface area contributed by atoms with Crippen LogP contribution in [0.3, 0.4) is 0 Å². The van der Waals surface area contributed by atoms with Crippen molar-refractivity contribution in [1.29, 1.82) is 0 Å². The fourth-order valence-corrected chi connectivity index (χ4v) is 2.82. The zero-order valence-corrected chi connectivity index (χ0v) is 13.1. The molecule has 0 spiro atoms. The highest BCUT2D eigenvalue weighted by atomic mass is 16.5. The summed E-state index contributed by atoms with van der Waals surface area (Å²) in [4.78, 5) is 36.1. The van der Waals surface area contributed by atoms with Crippen LogP contribution < -0.4 is 15.4 Å². The zero-order valence-electron chi connectivity index (χ0n) is 13.1. The van der Waals surface area contributed by atoms with Gasteiger partial charge in [0.05, 0.1) is 23.9 Å². The second kappa shape index (κ2) is 5.48. The molecule has 124 valence electrons. The van der Waals surface area contributed by atoms with Gasteiger partial charge in [-0.3, -0.25) is 19.7 Å². The smallest absolute Gasteiger partial charge is 0.291 e. The molecular weight excluding hydrogens is 324 g/mol. The van der Waals surface area contributed by atoms with Crippen molar-refractivity contribution in [3.05, 3.63) is 59.4 Å². The lowest BCUT2D eigenvalue weighted by atomic mass is 10.1. The second-order valence-electron chi connectivity index (χ2n) is 5.45. The van der Waals surface area contributed by atoms with Crippen LogP contribution in [0.1, 0.15) is 31.3 Å². The van der Waals surface area contributed by atoms with Crippen LogP contribution in [0, 0.1) is 0 Å². The predicted molar refractivity (Wildman–Crippen MR) is 89.0 cm³/mol. The number of imide groups is 1. The highest BCUT2D eigenvalue weighted by Gasteiger charge is 2.30. The Morgan fingerprint density at radius 2 is 1.92 bits per heavy atom. The SMILES string of the molecule is COc1cccc2cc(C(=O)Nc3cccc4c3C(=O)NC4=O)oc12. The third-order valence-corrected chi connectivity index (χ3v) is 3.96. The summed E-state index contributed by atoms with van der Waals surface area (Å²) in [7, 11) is 1.51. The number of anilines is 1. The standard InChI is InChI=1S/C18H12N2O5/c1-24-12-7-2-4-9-8-13(25-15(9)12)17(22)19-11-6-3-5-10-14(11)18(23)20-16(10)21/h2-8H,1H3,(H,19,22)(H,20,21,23). The lowest BCUT2D eigenvalue weighted by molar-refractivity contribution is 0.0879. The van der Waals surface area contributed by atoms with E-state index in [2.05, 4.69) is 10.6 Å². The van der Waals surface area contributed by atoms with Crippen molar-refractivity contribution in [2.75, 3.05) is 12.4 Å². The van der Waals surface area contributed by atoms with Crippen LogP contribution >= 0.6 is 0 Å². The lowest BCUT2D eigenvalue weighted by Crippen LogP contribution is -2.20. The number of methoxy groups -OCH3 is 1. The third-order valence-electron chi connectivity index (χ3n) is 3.96. The van der Waals surface area contributed by atoms with Crippen molar-refractivity contribution in [2.24, 2.45) is 0 Å². The van der Waals surface area contributed by atoms with Crippen molar-refractivity contribution in [3.8, 4) is 5.75 Å². The van der Waals surface area contributed by atoms with Crippen LogP contribution in [0.4, 0.5) is 5.69 Å². The van der Waals surface area contributed by atoms with Gasteiger partial charge in [-0.05, 0) is 24.3 Å². The zero-order chi connectivity index (χ0) is 17.6. The Balaban J connectivity index is 1.70. The van der Waals surface area contributed by atoms with E-state index in [-0.39, 0.29) is 22.6 Å². The molecule has 2 aromatic carbocycles. The number of ether oxygens (including phenoxy) is 1. The first kappa shape index (κ1) is 14.9. The first-order valence-electron chi connectivity index (χ1n) is 7.45. The largest absolute Gasteiger partial charge is 0.493 e. The monoisotopic (exact) mass is 336 g/mol. The van der Waals surface area contributed by atoms with Crippen LogP contribution in [0.5, 0.6) is 5.75 Å². The van der Waals surface area contributed by atoms with E-state index in [1.165, 1.54) is 13.2 Å². The van der Waals surface area contributed by atoms with Crippen LogP contribution in [-0.2, 0) is 0 Å². The van der Waals surface area contributed by atoms with Crippen molar-refractivity contribution in [2.45, 2.75) is 0 Å². The van der Waals surface area contributed by atoms with Gasteiger partial charge in [0.15, 0.2) is 17.1 Å². The number of furan rings is 1. The van der Waals surface area contributed by atoms with E-state index in [9.17, 15) is 14.4 Å². The Morgan fingerprint density at radius 1 is 1.12 bits per heavy atom. The van der Waals surface area contributed by atoms with Gasteiger partial charge in [-0.25, -0.2) is 0 Å². The van der Waals surface area contributed by atoms with Crippen LogP contribution in [-0.4, -0.2) is 24.8 Å². The summed E-state index contributed by atoms with van der Waals surface area (Å²) in [6.45, 7) is 0. The molecule has 2 heterocycles. The van der Waals surface area contributed by atoms with Gasteiger partial charge in [0.25, 0.3) is 17.7 Å². The minimum atomic E-state index is -0.540. The van der Waals surface area contributed by atoms with Crippen LogP contribution in [0.25, 0.3) is 11.0 Å². The molecular formula is C18H12N2O5. The number of carbonyl (C=O) groups excluding carboxylic acids is 3. The number of para-hydroxylation sites is 1. The molecule has 4 rings (SSSR count). The van der Waals surface area contributed by atoms with Crippen molar-refractivity contribution in [1.82, 2.24) is 5.32 Å². The Bertz CT molecular complexity index is 1050. The van der Waals surface area contributed by atoms with Crippen LogP contribution in [0.15, 0.2) is 46.9 Å². The number of nitrogens with one attached hydrogen (secondary N) is 2. The molecule has 0 atom stereocenters. The molecule has 0 aliphatic carbocycles. The number of carbonyl (C=O) groups is 3. The number of hydrogen-bond acceptors (Lipinski definition) is 5. The molecule has 7 heteroatoms. The normalized spacial score (nSPS) is 12.8. The van der Waals surface area contributed by atoms with E-state index < -0.39 is 17.7 Å². The maximum atomic E-state index is 12.5. The van der Waals surface area contributed by atoms with E-state index in [1.807, 2.05) is 0 Å². The topological polar surface area (TPSA) is 97.6 Å². The minimum Gasteiger partial charge on any atom is -0.493 e. The van der Waals surface area contributed by atoms with Crippen LogP contribution in [0.2, 0.25) is 0 Å². The maximum absolute atomic E-state index is 12.5. The average Bonchev–Trinajstić information content (AvgIpc) is 3.17. The van der Waals surface area contributed by atoms with E-state index in [0.717, 1.165) is 5.39 Å². The number of fused-ring (bicyclic) bond motifs is 2. The third kappa shape index (κ3) is 2.33. The summed E-state index contributed by atoms with van der Waals surface area (Å²) < 4.78 is 10.8. The Labute approximate surface area is 141 Å². The molecule has 1 aromatic heterocycles. The fraction of sp³-hybridized carbons (Fsp3) is 0.0556. The van der Waals surface area contributed by atoms with Gasteiger partial charge in [-0.2, -0.15) is 0 Å². The Morgan fingerprint density at radius 3 is 2.72 bits per heavy atom. The fourth-order valence-electron chi connectivity index (χ4n) is 2.82.